The predicted octanol–water partition coefficient (Wildman–Crippen LogP) is 3.12. The van der Waals surface area contributed by atoms with Crippen LogP contribution in [-0.2, 0) is 12.8 Å². The molecule has 0 saturated heterocycles. The molecule has 3 N–H and O–H groups in total. The number of hydrogen-bond donors (Lipinski definition) is 2. The van der Waals surface area contributed by atoms with Crippen molar-refractivity contribution in [1.29, 1.82) is 5.41 Å². The number of pyridine rings is 1. The van der Waals surface area contributed by atoms with Gasteiger partial charge in [0.25, 0.3) is 0 Å². The zero-order valence-electron chi connectivity index (χ0n) is 14.0. The molecule has 21 heavy (non-hydrogen) atoms. The minimum absolute atomic E-state index is 0.110. The van der Waals surface area contributed by atoms with Crippen LogP contribution < -0.4 is 10.6 Å². The number of fused-ring (bicyclic) bond motifs is 1. The Morgan fingerprint density at radius 2 is 1.95 bits per heavy atom. The lowest BCUT2D eigenvalue weighted by atomic mass is 9.86. The van der Waals surface area contributed by atoms with Crippen LogP contribution in [0.3, 0.4) is 0 Å². The van der Waals surface area contributed by atoms with Crippen LogP contribution in [0.25, 0.3) is 0 Å². The van der Waals surface area contributed by atoms with Crippen LogP contribution in [0.1, 0.15) is 57.4 Å². The molecule has 0 aliphatic heterocycles. The maximum absolute atomic E-state index is 7.89. The van der Waals surface area contributed by atoms with Crippen molar-refractivity contribution in [3.05, 3.63) is 22.9 Å². The summed E-state index contributed by atoms with van der Waals surface area (Å²) in [5, 5.41) is 7.89. The molecule has 0 aromatic carbocycles. The van der Waals surface area contributed by atoms with Gasteiger partial charge in [-0.05, 0) is 49.7 Å². The van der Waals surface area contributed by atoms with Crippen molar-refractivity contribution in [3.63, 3.8) is 0 Å². The fourth-order valence-corrected chi connectivity index (χ4v) is 2.85. The van der Waals surface area contributed by atoms with Crippen LogP contribution in [0.4, 0.5) is 5.82 Å². The molecule has 0 amide bonds. The molecule has 4 nitrogen and oxygen atoms in total. The molecule has 1 aliphatic carbocycles. The summed E-state index contributed by atoms with van der Waals surface area (Å²) in [6, 6.07) is 2.40. The van der Waals surface area contributed by atoms with Crippen molar-refractivity contribution < 1.29 is 0 Å². The summed E-state index contributed by atoms with van der Waals surface area (Å²) in [6.07, 6.45) is 4.51. The molecular weight excluding hydrogens is 260 g/mol. The van der Waals surface area contributed by atoms with Gasteiger partial charge in [0, 0.05) is 18.8 Å². The molecule has 1 aromatic heterocycles. The molecule has 116 valence electrons. The van der Waals surface area contributed by atoms with E-state index in [0.29, 0.717) is 6.04 Å². The fraction of sp³-hybridized carbons (Fsp3) is 0.647. The largest absolute Gasteiger partial charge is 0.384 e. The second-order valence-corrected chi connectivity index (χ2v) is 7.24. The highest BCUT2D eigenvalue weighted by Crippen LogP contribution is 2.31. The summed E-state index contributed by atoms with van der Waals surface area (Å²) in [7, 11) is 2.06. The second kappa shape index (κ2) is 5.66. The third-order valence-corrected chi connectivity index (χ3v) is 4.74. The Hall–Kier alpha value is -1.58. The number of nitrogens with zero attached hydrogens (tertiary/aromatic N) is 2. The smallest absolute Gasteiger partial charge is 0.139 e. The highest BCUT2D eigenvalue weighted by molar-refractivity contribution is 5.99. The van der Waals surface area contributed by atoms with Crippen molar-refractivity contribution in [1.82, 2.24) is 4.98 Å². The highest BCUT2D eigenvalue weighted by Gasteiger charge is 2.27. The lowest BCUT2D eigenvalue weighted by molar-refractivity contribution is 0.328. The van der Waals surface area contributed by atoms with Crippen LogP contribution >= 0.6 is 0 Å². The molecule has 1 heterocycles. The van der Waals surface area contributed by atoms with Gasteiger partial charge in [-0.2, -0.15) is 0 Å². The van der Waals surface area contributed by atoms with Crippen molar-refractivity contribution in [3.8, 4) is 0 Å². The van der Waals surface area contributed by atoms with E-state index in [1.165, 1.54) is 24.1 Å². The molecule has 0 saturated carbocycles. The van der Waals surface area contributed by atoms with E-state index in [4.69, 9.17) is 16.1 Å². The quantitative estimate of drug-likeness (QED) is 0.663. The van der Waals surface area contributed by atoms with Crippen LogP contribution in [0.5, 0.6) is 0 Å². The normalized spacial score (nSPS) is 16.2. The maximum Gasteiger partial charge on any atom is 0.139 e. The summed E-state index contributed by atoms with van der Waals surface area (Å²) in [4.78, 5) is 7.05. The summed E-state index contributed by atoms with van der Waals surface area (Å²) < 4.78 is 0. The standard InChI is InChI=1S/C17H28N4/c1-11(17(2,3)4)21(5)16-13(15(18)19)10-12-8-6-7-9-14(12)20-16/h10-11H,6-9H2,1-5H3,(H3,18,19). The Morgan fingerprint density at radius 3 is 2.52 bits per heavy atom. The van der Waals surface area contributed by atoms with Crippen LogP contribution in [0.2, 0.25) is 0 Å². The third-order valence-electron chi connectivity index (χ3n) is 4.74. The highest BCUT2D eigenvalue weighted by atomic mass is 15.2. The Kier molecular flexibility index (Phi) is 4.26. The molecule has 0 spiro atoms. The SMILES string of the molecule is CC(N(C)c1nc2c(cc1C(=N)N)CCCC2)C(C)(C)C. The Bertz CT molecular complexity index is 542. The summed E-state index contributed by atoms with van der Waals surface area (Å²) >= 11 is 0. The zero-order valence-corrected chi connectivity index (χ0v) is 14.0. The predicted molar refractivity (Wildman–Crippen MR) is 89.2 cm³/mol. The molecule has 2 rings (SSSR count). The lowest BCUT2D eigenvalue weighted by Gasteiger charge is -2.37. The zero-order chi connectivity index (χ0) is 15.8. The van der Waals surface area contributed by atoms with Crippen molar-refractivity contribution in [2.45, 2.75) is 59.4 Å². The van der Waals surface area contributed by atoms with Gasteiger partial charge in [0.05, 0.1) is 5.56 Å². The van der Waals surface area contributed by atoms with Crippen LogP contribution in [-0.4, -0.2) is 23.9 Å². The number of hydrogen-bond acceptors (Lipinski definition) is 3. The average molecular weight is 288 g/mol. The van der Waals surface area contributed by atoms with Gasteiger partial charge in [-0.25, -0.2) is 4.98 Å². The van der Waals surface area contributed by atoms with E-state index in [-0.39, 0.29) is 11.3 Å². The van der Waals surface area contributed by atoms with Crippen molar-refractivity contribution in [2.24, 2.45) is 11.1 Å². The summed E-state index contributed by atoms with van der Waals surface area (Å²) in [5.74, 6) is 0.962. The monoisotopic (exact) mass is 288 g/mol. The first-order valence-corrected chi connectivity index (χ1v) is 7.82. The van der Waals surface area contributed by atoms with Crippen LogP contribution in [0.15, 0.2) is 6.07 Å². The number of aromatic nitrogens is 1. The van der Waals surface area contributed by atoms with Crippen LogP contribution in [0, 0.1) is 10.8 Å². The number of anilines is 1. The minimum atomic E-state index is 0.110. The number of nitrogen functional groups attached to an aromatic ring is 1. The first-order chi connectivity index (χ1) is 9.71. The van der Waals surface area contributed by atoms with Gasteiger partial charge in [-0.1, -0.05) is 20.8 Å². The van der Waals surface area contributed by atoms with E-state index in [0.717, 1.165) is 24.2 Å². The van der Waals surface area contributed by atoms with Gasteiger partial charge < -0.3 is 10.6 Å². The number of nitrogens with one attached hydrogen (secondary N) is 1. The number of nitrogens with two attached hydrogens (primary N) is 1. The molecular formula is C17H28N4. The van der Waals surface area contributed by atoms with Gasteiger partial charge in [-0.3, -0.25) is 5.41 Å². The van der Waals surface area contributed by atoms with Gasteiger partial charge in [-0.15, -0.1) is 0 Å². The molecule has 0 bridgehead atoms. The molecule has 1 unspecified atom stereocenters. The molecule has 0 fully saturated rings. The van der Waals surface area contributed by atoms with E-state index < -0.39 is 0 Å². The first kappa shape index (κ1) is 15.8. The van der Waals surface area contributed by atoms with Gasteiger partial charge in [0.1, 0.15) is 11.7 Å². The Balaban J connectivity index is 2.48. The summed E-state index contributed by atoms with van der Waals surface area (Å²) in [5.41, 5.74) is 9.18. The third kappa shape index (κ3) is 3.20. The molecule has 1 aromatic rings. The summed E-state index contributed by atoms with van der Waals surface area (Å²) in [6.45, 7) is 8.87. The van der Waals surface area contributed by atoms with E-state index in [1.54, 1.807) is 0 Å². The molecule has 0 radical (unpaired) electrons. The van der Waals surface area contributed by atoms with E-state index in [9.17, 15) is 0 Å². The number of rotatable bonds is 3. The fourth-order valence-electron chi connectivity index (χ4n) is 2.85. The van der Waals surface area contributed by atoms with Gasteiger partial charge in [0.2, 0.25) is 0 Å². The van der Waals surface area contributed by atoms with Crippen molar-refractivity contribution in [2.75, 3.05) is 11.9 Å². The minimum Gasteiger partial charge on any atom is -0.384 e. The Labute approximate surface area is 128 Å². The second-order valence-electron chi connectivity index (χ2n) is 7.24. The van der Waals surface area contributed by atoms with Gasteiger partial charge >= 0.3 is 0 Å². The van der Waals surface area contributed by atoms with Crippen molar-refractivity contribution >= 4 is 11.7 Å². The number of amidine groups is 1. The number of aryl methyl sites for hydroxylation is 2. The van der Waals surface area contributed by atoms with E-state index in [2.05, 4.69) is 45.7 Å². The Morgan fingerprint density at radius 1 is 1.33 bits per heavy atom. The lowest BCUT2D eigenvalue weighted by Crippen LogP contribution is -2.41. The molecule has 4 heteroatoms. The average Bonchev–Trinajstić information content (AvgIpc) is 2.43. The first-order valence-electron chi connectivity index (χ1n) is 7.82. The topological polar surface area (TPSA) is 66.0 Å². The molecule has 1 aliphatic rings. The van der Waals surface area contributed by atoms with E-state index >= 15 is 0 Å². The molecule has 1 atom stereocenters. The maximum atomic E-state index is 7.89. The van der Waals surface area contributed by atoms with E-state index in [1.807, 2.05) is 0 Å². The van der Waals surface area contributed by atoms with Gasteiger partial charge in [0.15, 0.2) is 0 Å².